The third kappa shape index (κ3) is 5.68. The average Bonchev–Trinajstić information content (AvgIpc) is 3.41. The number of carbonyl (C=O) groups excluding carboxylic acids is 1. The second-order valence-electron chi connectivity index (χ2n) is 9.34. The van der Waals surface area contributed by atoms with Crippen LogP contribution in [0, 0.1) is 6.92 Å². The van der Waals surface area contributed by atoms with Crippen LogP contribution in [0.5, 0.6) is 0 Å². The van der Waals surface area contributed by atoms with Gasteiger partial charge in [-0.1, -0.05) is 19.3 Å². The van der Waals surface area contributed by atoms with Gasteiger partial charge in [-0.25, -0.2) is 0 Å². The quantitative estimate of drug-likeness (QED) is 0.460. The Morgan fingerprint density at radius 3 is 2.31 bits per heavy atom. The first kappa shape index (κ1) is 25.6. The molecule has 2 aromatic rings. The van der Waals surface area contributed by atoms with Gasteiger partial charge in [0.2, 0.25) is 0 Å². The monoisotopic (exact) mass is 502 g/mol. The van der Waals surface area contributed by atoms with Gasteiger partial charge in [-0.05, 0) is 56.9 Å². The van der Waals surface area contributed by atoms with E-state index >= 15 is 0 Å². The first-order valence-electron chi connectivity index (χ1n) is 11.9. The molecule has 1 aliphatic carbocycles. The molecule has 2 heterocycles. The number of halogens is 6. The zero-order valence-electron chi connectivity index (χ0n) is 19.4. The number of carbonyl (C=O) groups is 1. The lowest BCUT2D eigenvalue weighted by Gasteiger charge is -2.22. The number of nitrogens with zero attached hydrogens (tertiary/aromatic N) is 1. The van der Waals surface area contributed by atoms with Crippen molar-refractivity contribution in [3.63, 3.8) is 0 Å². The molecule has 1 atom stereocenters. The van der Waals surface area contributed by atoms with Gasteiger partial charge in [-0.3, -0.25) is 4.79 Å². The molecule has 2 fully saturated rings. The number of hydrogen-bond donors (Lipinski definition) is 1. The van der Waals surface area contributed by atoms with Crippen LogP contribution in [0.25, 0.3) is 11.3 Å². The van der Waals surface area contributed by atoms with E-state index in [4.69, 9.17) is 4.74 Å². The van der Waals surface area contributed by atoms with Gasteiger partial charge in [0.1, 0.15) is 0 Å². The molecule has 0 spiro atoms. The Balaban J connectivity index is 1.82. The molecule has 0 radical (unpaired) electrons. The van der Waals surface area contributed by atoms with Gasteiger partial charge < -0.3 is 14.6 Å². The predicted molar refractivity (Wildman–Crippen MR) is 118 cm³/mol. The topological polar surface area (TPSA) is 43.3 Å². The molecular formula is C25H28F6N2O2. The Morgan fingerprint density at radius 1 is 1.00 bits per heavy atom. The molecule has 4 nitrogen and oxygen atoms in total. The van der Waals surface area contributed by atoms with E-state index in [2.05, 4.69) is 5.32 Å². The van der Waals surface area contributed by atoms with Crippen LogP contribution >= 0.6 is 0 Å². The number of ether oxygens (including phenoxy) is 1. The SMILES string of the molecule is Cc1c(C(=O)NC2CCCCC2)cc(-c2cc(C(F)(F)F)ccc2C(F)(F)F)n1C[C@H]1CCCO1. The van der Waals surface area contributed by atoms with Gasteiger partial charge in [0, 0.05) is 36.1 Å². The van der Waals surface area contributed by atoms with E-state index in [1.54, 1.807) is 6.92 Å². The van der Waals surface area contributed by atoms with Gasteiger partial charge in [0.15, 0.2) is 0 Å². The average molecular weight is 502 g/mol. The van der Waals surface area contributed by atoms with E-state index in [-0.39, 0.29) is 29.9 Å². The highest BCUT2D eigenvalue weighted by Crippen LogP contribution is 2.42. The molecule has 10 heteroatoms. The van der Waals surface area contributed by atoms with Crippen LogP contribution in [-0.4, -0.2) is 29.2 Å². The Hall–Kier alpha value is -2.49. The smallest absolute Gasteiger partial charge is 0.376 e. The van der Waals surface area contributed by atoms with Crippen molar-refractivity contribution in [2.45, 2.75) is 82.9 Å². The highest BCUT2D eigenvalue weighted by atomic mass is 19.4. The predicted octanol–water partition coefficient (Wildman–Crippen LogP) is 6.74. The molecule has 1 aromatic heterocycles. The third-order valence-electron chi connectivity index (χ3n) is 6.89. The van der Waals surface area contributed by atoms with Crippen LogP contribution in [-0.2, 0) is 23.6 Å². The number of hydrogen-bond acceptors (Lipinski definition) is 2. The maximum Gasteiger partial charge on any atom is 0.417 e. The normalized spacial score (nSPS) is 19.8. The first-order valence-corrected chi connectivity index (χ1v) is 11.9. The molecular weight excluding hydrogens is 474 g/mol. The summed E-state index contributed by atoms with van der Waals surface area (Å²) in [7, 11) is 0. The van der Waals surface area contributed by atoms with Gasteiger partial charge >= 0.3 is 12.4 Å². The van der Waals surface area contributed by atoms with E-state index in [0.29, 0.717) is 36.9 Å². The van der Waals surface area contributed by atoms with Crippen molar-refractivity contribution in [2.75, 3.05) is 6.61 Å². The summed E-state index contributed by atoms with van der Waals surface area (Å²) >= 11 is 0. The zero-order chi connectivity index (χ0) is 25.4. The largest absolute Gasteiger partial charge is 0.417 e. The minimum Gasteiger partial charge on any atom is -0.376 e. The maximum absolute atomic E-state index is 13.9. The fourth-order valence-corrected chi connectivity index (χ4v) is 5.02. The summed E-state index contributed by atoms with van der Waals surface area (Å²) in [5, 5.41) is 2.96. The standard InChI is InChI=1S/C25H28F6N2O2/c1-15-19(23(34)32-17-6-3-2-4-7-17)13-22(33(15)14-18-8-5-11-35-18)20-12-16(24(26,27)28)9-10-21(20)25(29,30)31/h9-10,12-13,17-18H,2-8,11,14H2,1H3,(H,32,34)/t18-/m1/s1. The molecule has 1 aromatic carbocycles. The lowest BCUT2D eigenvalue weighted by atomic mass is 9.95. The summed E-state index contributed by atoms with van der Waals surface area (Å²) in [4.78, 5) is 13.1. The molecule has 2 aliphatic rings. The molecule has 1 aliphatic heterocycles. The highest BCUT2D eigenvalue weighted by Gasteiger charge is 2.38. The van der Waals surface area contributed by atoms with Crippen LogP contribution in [0.15, 0.2) is 24.3 Å². The Bertz CT molecular complexity index is 1060. The van der Waals surface area contributed by atoms with Crippen molar-refractivity contribution < 1.29 is 35.9 Å². The number of rotatable bonds is 5. The van der Waals surface area contributed by atoms with Crippen molar-refractivity contribution in [1.82, 2.24) is 9.88 Å². The van der Waals surface area contributed by atoms with Crippen molar-refractivity contribution in [3.05, 3.63) is 46.6 Å². The van der Waals surface area contributed by atoms with Crippen molar-refractivity contribution >= 4 is 5.91 Å². The second-order valence-corrected chi connectivity index (χ2v) is 9.34. The minimum absolute atomic E-state index is 0.0279. The van der Waals surface area contributed by atoms with Gasteiger partial charge in [-0.2, -0.15) is 26.3 Å². The third-order valence-corrected chi connectivity index (χ3v) is 6.89. The molecule has 1 amide bonds. The molecule has 1 saturated heterocycles. The molecule has 1 N–H and O–H groups in total. The van der Waals surface area contributed by atoms with Gasteiger partial charge in [0.05, 0.1) is 22.8 Å². The van der Waals surface area contributed by atoms with Crippen LogP contribution in [0.4, 0.5) is 26.3 Å². The Kier molecular flexibility index (Phi) is 7.22. The van der Waals surface area contributed by atoms with Crippen molar-refractivity contribution in [3.8, 4) is 11.3 Å². The fraction of sp³-hybridized carbons (Fsp3) is 0.560. The first-order chi connectivity index (χ1) is 16.4. The van der Waals surface area contributed by atoms with Crippen LogP contribution < -0.4 is 5.32 Å². The van der Waals surface area contributed by atoms with Gasteiger partial charge in [0.25, 0.3) is 5.91 Å². The minimum atomic E-state index is -4.88. The lowest BCUT2D eigenvalue weighted by Crippen LogP contribution is -2.36. The molecule has 1 saturated carbocycles. The van der Waals surface area contributed by atoms with E-state index in [0.717, 1.165) is 38.5 Å². The summed E-state index contributed by atoms with van der Waals surface area (Å²) in [6.07, 6.45) is -3.85. The number of aromatic nitrogens is 1. The number of nitrogens with one attached hydrogen (secondary N) is 1. The zero-order valence-corrected chi connectivity index (χ0v) is 19.4. The Morgan fingerprint density at radius 2 is 1.71 bits per heavy atom. The van der Waals surface area contributed by atoms with Gasteiger partial charge in [-0.15, -0.1) is 0 Å². The number of benzene rings is 1. The van der Waals surface area contributed by atoms with Crippen LogP contribution in [0.1, 0.15) is 72.1 Å². The van der Waals surface area contributed by atoms with Crippen molar-refractivity contribution in [1.29, 1.82) is 0 Å². The van der Waals surface area contributed by atoms with Crippen LogP contribution in [0.2, 0.25) is 0 Å². The molecule has 0 bridgehead atoms. The highest BCUT2D eigenvalue weighted by molar-refractivity contribution is 5.97. The van der Waals surface area contributed by atoms with Crippen LogP contribution in [0.3, 0.4) is 0 Å². The van der Waals surface area contributed by atoms with E-state index in [1.807, 2.05) is 0 Å². The fourth-order valence-electron chi connectivity index (χ4n) is 5.02. The molecule has 0 unspecified atom stereocenters. The summed E-state index contributed by atoms with van der Waals surface area (Å²) in [6.45, 7) is 2.26. The maximum atomic E-state index is 13.9. The summed E-state index contributed by atoms with van der Waals surface area (Å²) in [6, 6.07) is 2.67. The number of amides is 1. The number of alkyl halides is 6. The Labute approximate surface area is 199 Å². The van der Waals surface area contributed by atoms with E-state index < -0.39 is 35.0 Å². The lowest BCUT2D eigenvalue weighted by molar-refractivity contribution is -0.141. The summed E-state index contributed by atoms with van der Waals surface area (Å²) in [5.41, 5.74) is -2.49. The molecule has 192 valence electrons. The molecule has 35 heavy (non-hydrogen) atoms. The molecule has 4 rings (SSSR count). The summed E-state index contributed by atoms with van der Waals surface area (Å²) in [5.74, 6) is -0.428. The summed E-state index contributed by atoms with van der Waals surface area (Å²) < 4.78 is 89.1. The van der Waals surface area contributed by atoms with Crippen molar-refractivity contribution in [2.24, 2.45) is 0 Å². The van der Waals surface area contributed by atoms with E-state index in [9.17, 15) is 31.1 Å². The second kappa shape index (κ2) is 9.87. The van der Waals surface area contributed by atoms with E-state index in [1.165, 1.54) is 10.6 Å².